The molecule has 3 aromatic heterocycles. The number of hydrogen-bond acceptors (Lipinski definition) is 6. The van der Waals surface area contributed by atoms with Crippen LogP contribution in [-0.4, -0.2) is 25.8 Å². The van der Waals surface area contributed by atoms with E-state index in [1.54, 1.807) is 12.1 Å². The summed E-state index contributed by atoms with van der Waals surface area (Å²) in [6.07, 6.45) is 6.04. The zero-order valence-corrected chi connectivity index (χ0v) is 15.3. The topological polar surface area (TPSA) is 104 Å². The van der Waals surface area contributed by atoms with Crippen LogP contribution in [0.25, 0.3) is 10.9 Å². The SMILES string of the molecule is N#Cc1ccnc(NC(=O)c2cc(C(F)(F)c3cncnc3)cc3cccnc23)c1. The van der Waals surface area contributed by atoms with E-state index >= 15 is 8.78 Å². The van der Waals surface area contributed by atoms with Gasteiger partial charge in [-0.15, -0.1) is 0 Å². The van der Waals surface area contributed by atoms with Crippen LogP contribution in [0.15, 0.2) is 67.5 Å². The summed E-state index contributed by atoms with van der Waals surface area (Å²) in [4.78, 5) is 28.4. The molecule has 0 fully saturated rings. The first-order chi connectivity index (χ1) is 14.5. The molecule has 0 saturated heterocycles. The number of amides is 1. The largest absolute Gasteiger partial charge is 0.306 e. The van der Waals surface area contributed by atoms with Gasteiger partial charge in [0.1, 0.15) is 12.1 Å². The van der Waals surface area contributed by atoms with E-state index in [-0.39, 0.29) is 16.9 Å². The fourth-order valence-electron chi connectivity index (χ4n) is 2.93. The number of fused-ring (bicyclic) bond motifs is 1. The van der Waals surface area contributed by atoms with E-state index in [1.165, 1.54) is 30.6 Å². The van der Waals surface area contributed by atoms with Gasteiger partial charge in [0, 0.05) is 35.7 Å². The monoisotopic (exact) mass is 402 g/mol. The molecule has 1 amide bonds. The van der Waals surface area contributed by atoms with Gasteiger partial charge in [-0.25, -0.2) is 15.0 Å². The Bertz CT molecular complexity index is 1290. The number of pyridine rings is 2. The number of carbonyl (C=O) groups excluding carboxylic acids is 1. The molecule has 7 nitrogen and oxygen atoms in total. The molecule has 146 valence electrons. The zero-order chi connectivity index (χ0) is 21.1. The van der Waals surface area contributed by atoms with Crippen LogP contribution in [0.4, 0.5) is 14.6 Å². The van der Waals surface area contributed by atoms with Crippen LogP contribution in [-0.2, 0) is 5.92 Å². The number of alkyl halides is 2. The van der Waals surface area contributed by atoms with Crippen molar-refractivity contribution in [2.24, 2.45) is 0 Å². The third kappa shape index (κ3) is 3.54. The molecule has 0 spiro atoms. The molecule has 0 aliphatic carbocycles. The molecule has 1 N–H and O–H groups in total. The highest BCUT2D eigenvalue weighted by molar-refractivity contribution is 6.11. The molecular weight excluding hydrogens is 390 g/mol. The summed E-state index contributed by atoms with van der Waals surface area (Å²) in [5, 5.41) is 11.9. The molecule has 1 aromatic carbocycles. The second-order valence-electron chi connectivity index (χ2n) is 6.30. The van der Waals surface area contributed by atoms with Crippen molar-refractivity contribution in [3.8, 4) is 6.07 Å². The summed E-state index contributed by atoms with van der Waals surface area (Å²) in [5.74, 6) is -3.99. The molecular formula is C21H12F2N6O. The number of nitrogens with one attached hydrogen (secondary N) is 1. The third-order valence-corrected chi connectivity index (χ3v) is 4.37. The Kier molecular flexibility index (Phi) is 4.82. The first-order valence-corrected chi connectivity index (χ1v) is 8.69. The van der Waals surface area contributed by atoms with Crippen molar-refractivity contribution >= 4 is 22.6 Å². The highest BCUT2D eigenvalue weighted by Crippen LogP contribution is 2.37. The Morgan fingerprint density at radius 3 is 2.60 bits per heavy atom. The standard InChI is InChI=1S/C21H12F2N6O/c22-21(23,16-10-25-12-26-11-16)15-7-14-2-1-4-28-19(14)17(8-15)20(30)29-18-6-13(9-24)3-5-27-18/h1-8,10-12H,(H,27,29,30). The van der Waals surface area contributed by atoms with E-state index in [2.05, 4.69) is 25.3 Å². The fourth-order valence-corrected chi connectivity index (χ4v) is 2.93. The van der Waals surface area contributed by atoms with E-state index in [4.69, 9.17) is 5.26 Å². The van der Waals surface area contributed by atoms with Crippen LogP contribution in [0.2, 0.25) is 0 Å². The van der Waals surface area contributed by atoms with Gasteiger partial charge in [0.2, 0.25) is 0 Å². The van der Waals surface area contributed by atoms with Gasteiger partial charge in [0.15, 0.2) is 0 Å². The molecule has 4 rings (SSSR count). The van der Waals surface area contributed by atoms with E-state index in [0.717, 1.165) is 24.8 Å². The molecule has 9 heteroatoms. The predicted molar refractivity (Wildman–Crippen MR) is 104 cm³/mol. The van der Waals surface area contributed by atoms with E-state index in [0.29, 0.717) is 10.9 Å². The van der Waals surface area contributed by atoms with Gasteiger partial charge in [-0.1, -0.05) is 6.07 Å². The molecule has 4 aromatic rings. The lowest BCUT2D eigenvalue weighted by molar-refractivity contribution is 0.0421. The smallest absolute Gasteiger partial charge is 0.301 e. The number of nitrogens with zero attached hydrogens (tertiary/aromatic N) is 5. The molecule has 0 unspecified atom stereocenters. The van der Waals surface area contributed by atoms with Gasteiger partial charge in [0.25, 0.3) is 5.91 Å². The van der Waals surface area contributed by atoms with E-state index in [9.17, 15) is 4.79 Å². The van der Waals surface area contributed by atoms with Crippen LogP contribution in [0.5, 0.6) is 0 Å². The minimum Gasteiger partial charge on any atom is -0.306 e. The van der Waals surface area contributed by atoms with Gasteiger partial charge in [-0.3, -0.25) is 9.78 Å². The Morgan fingerprint density at radius 2 is 1.83 bits per heavy atom. The summed E-state index contributed by atoms with van der Waals surface area (Å²) in [6, 6.07) is 10.4. The van der Waals surface area contributed by atoms with Crippen molar-refractivity contribution in [2.45, 2.75) is 5.92 Å². The average Bonchev–Trinajstić information content (AvgIpc) is 2.79. The van der Waals surface area contributed by atoms with Crippen LogP contribution >= 0.6 is 0 Å². The molecule has 3 heterocycles. The predicted octanol–water partition coefficient (Wildman–Crippen LogP) is 3.68. The molecule has 0 aliphatic rings. The maximum Gasteiger partial charge on any atom is 0.301 e. The Hall–Kier alpha value is -4.32. The van der Waals surface area contributed by atoms with Crippen LogP contribution < -0.4 is 5.32 Å². The average molecular weight is 402 g/mol. The Balaban J connectivity index is 1.81. The third-order valence-electron chi connectivity index (χ3n) is 4.37. The summed E-state index contributed by atoms with van der Waals surface area (Å²) in [7, 11) is 0. The van der Waals surface area contributed by atoms with E-state index in [1.807, 2.05) is 6.07 Å². The van der Waals surface area contributed by atoms with Crippen LogP contribution in [0.3, 0.4) is 0 Å². The highest BCUT2D eigenvalue weighted by atomic mass is 19.3. The molecule has 0 atom stereocenters. The van der Waals surface area contributed by atoms with E-state index < -0.39 is 23.0 Å². The maximum atomic E-state index is 15.1. The van der Waals surface area contributed by atoms with Gasteiger partial charge in [0.05, 0.1) is 28.3 Å². The van der Waals surface area contributed by atoms with Crippen molar-refractivity contribution in [3.63, 3.8) is 0 Å². The van der Waals surface area contributed by atoms with Crippen molar-refractivity contribution in [1.82, 2.24) is 19.9 Å². The lowest BCUT2D eigenvalue weighted by atomic mass is 9.97. The number of rotatable bonds is 4. The number of halogens is 2. The van der Waals surface area contributed by atoms with Crippen LogP contribution in [0.1, 0.15) is 27.0 Å². The van der Waals surface area contributed by atoms with Gasteiger partial charge < -0.3 is 5.32 Å². The first kappa shape index (κ1) is 19.0. The second-order valence-corrected chi connectivity index (χ2v) is 6.30. The molecule has 0 saturated carbocycles. The first-order valence-electron chi connectivity index (χ1n) is 8.69. The number of benzene rings is 1. The Morgan fingerprint density at radius 1 is 1.03 bits per heavy atom. The highest BCUT2D eigenvalue weighted by Gasteiger charge is 2.36. The second kappa shape index (κ2) is 7.60. The van der Waals surface area contributed by atoms with Crippen molar-refractivity contribution in [2.75, 3.05) is 5.32 Å². The minimum absolute atomic E-state index is 0.0521. The van der Waals surface area contributed by atoms with Gasteiger partial charge in [-0.2, -0.15) is 14.0 Å². The van der Waals surface area contributed by atoms with Crippen molar-refractivity contribution in [1.29, 1.82) is 5.26 Å². The maximum absolute atomic E-state index is 15.1. The summed E-state index contributed by atoms with van der Waals surface area (Å²) in [5.41, 5.74) is -0.295. The number of hydrogen-bond donors (Lipinski definition) is 1. The zero-order valence-electron chi connectivity index (χ0n) is 15.3. The molecule has 0 bridgehead atoms. The van der Waals surface area contributed by atoms with Crippen molar-refractivity contribution < 1.29 is 13.6 Å². The number of anilines is 1. The Labute approximate surface area is 169 Å². The normalized spacial score (nSPS) is 11.1. The number of aromatic nitrogens is 4. The number of carbonyl (C=O) groups is 1. The number of nitriles is 1. The summed E-state index contributed by atoms with van der Waals surface area (Å²) >= 11 is 0. The van der Waals surface area contributed by atoms with Crippen molar-refractivity contribution in [3.05, 3.63) is 89.8 Å². The van der Waals surface area contributed by atoms with Gasteiger partial charge >= 0.3 is 5.92 Å². The van der Waals surface area contributed by atoms with Gasteiger partial charge in [-0.05, 0) is 30.3 Å². The summed E-state index contributed by atoms with van der Waals surface area (Å²) in [6.45, 7) is 0. The lowest BCUT2D eigenvalue weighted by Gasteiger charge is -2.18. The quantitative estimate of drug-likeness (QED) is 0.558. The minimum atomic E-state index is -3.43. The lowest BCUT2D eigenvalue weighted by Crippen LogP contribution is -2.19. The summed E-state index contributed by atoms with van der Waals surface area (Å²) < 4.78 is 30.2. The molecule has 0 aliphatic heterocycles. The molecule has 0 radical (unpaired) electrons. The van der Waals surface area contributed by atoms with Crippen LogP contribution in [0, 0.1) is 11.3 Å². The molecule has 30 heavy (non-hydrogen) atoms. The fraction of sp³-hybridized carbons (Fsp3) is 0.0476.